The number of carbonyl (C=O) groups excluding carboxylic acids is 2. The van der Waals surface area contributed by atoms with Gasteiger partial charge >= 0.3 is 0 Å². The van der Waals surface area contributed by atoms with Crippen molar-refractivity contribution >= 4 is 24.1 Å². The highest BCUT2D eigenvalue weighted by atomic mass is 35.5. The van der Waals surface area contributed by atoms with Crippen molar-refractivity contribution in [1.29, 1.82) is 0 Å². The topological polar surface area (TPSA) is 98.7 Å². The summed E-state index contributed by atoms with van der Waals surface area (Å²) in [5.41, 5.74) is 2.12. The van der Waals surface area contributed by atoms with Gasteiger partial charge in [-0.2, -0.15) is 0 Å². The molecule has 1 saturated heterocycles. The van der Waals surface area contributed by atoms with Gasteiger partial charge in [-0.15, -0.1) is 12.4 Å². The smallest absolute Gasteiger partial charge is 0.225 e. The Labute approximate surface area is 183 Å². The molecule has 4 N–H and O–H groups in total. The highest BCUT2D eigenvalue weighted by molar-refractivity contribution is 5.89. The predicted molar refractivity (Wildman–Crippen MR) is 118 cm³/mol. The average Bonchev–Trinajstić information content (AvgIpc) is 3.21. The number of ketones is 1. The molecule has 162 valence electrons. The van der Waals surface area contributed by atoms with Crippen LogP contribution in [-0.4, -0.2) is 41.5 Å². The van der Waals surface area contributed by atoms with Crippen LogP contribution in [0.25, 0.3) is 0 Å². The number of phenols is 2. The Hall–Kier alpha value is -2.57. The van der Waals surface area contributed by atoms with E-state index in [4.69, 9.17) is 0 Å². The van der Waals surface area contributed by atoms with Crippen LogP contribution >= 0.6 is 12.4 Å². The first kappa shape index (κ1) is 23.7. The molecule has 2 atom stereocenters. The van der Waals surface area contributed by atoms with Gasteiger partial charge in [0.25, 0.3) is 0 Å². The van der Waals surface area contributed by atoms with Crippen molar-refractivity contribution in [3.8, 4) is 11.5 Å². The SMILES string of the molecule is Cl.O=C(CCCc1ccc(O)cc1)[C@@H]1CNC[C@H]1C(=O)NCCc1ccc(O)cc1. The minimum Gasteiger partial charge on any atom is -0.508 e. The number of carbonyl (C=O) groups is 2. The van der Waals surface area contributed by atoms with E-state index in [1.165, 1.54) is 0 Å². The zero-order valence-corrected chi connectivity index (χ0v) is 17.7. The van der Waals surface area contributed by atoms with Gasteiger partial charge in [0.05, 0.1) is 5.92 Å². The summed E-state index contributed by atoms with van der Waals surface area (Å²) in [7, 11) is 0. The lowest BCUT2D eigenvalue weighted by Gasteiger charge is -2.17. The Morgan fingerprint density at radius 2 is 1.40 bits per heavy atom. The van der Waals surface area contributed by atoms with Crippen LogP contribution in [0.3, 0.4) is 0 Å². The maximum absolute atomic E-state index is 12.6. The zero-order chi connectivity index (χ0) is 20.6. The molecule has 2 aromatic carbocycles. The number of hydrogen-bond acceptors (Lipinski definition) is 5. The highest BCUT2D eigenvalue weighted by Crippen LogP contribution is 2.21. The molecule has 0 aromatic heterocycles. The van der Waals surface area contributed by atoms with E-state index in [0.29, 0.717) is 32.5 Å². The third-order valence-corrected chi connectivity index (χ3v) is 5.44. The number of nitrogens with one attached hydrogen (secondary N) is 2. The van der Waals surface area contributed by atoms with Gasteiger partial charge in [-0.25, -0.2) is 0 Å². The third kappa shape index (κ3) is 6.75. The fourth-order valence-electron chi connectivity index (χ4n) is 3.73. The molecule has 1 heterocycles. The molecule has 1 fully saturated rings. The number of Topliss-reactive ketones (excluding diaryl/α,β-unsaturated/α-hetero) is 1. The summed E-state index contributed by atoms with van der Waals surface area (Å²) in [5.74, 6) is -0.0830. The van der Waals surface area contributed by atoms with E-state index in [0.717, 1.165) is 24.0 Å². The van der Waals surface area contributed by atoms with Gasteiger partial charge in [-0.3, -0.25) is 9.59 Å². The van der Waals surface area contributed by atoms with Crippen molar-refractivity contribution in [3.63, 3.8) is 0 Å². The number of benzene rings is 2. The lowest BCUT2D eigenvalue weighted by Crippen LogP contribution is -2.38. The normalized spacial score (nSPS) is 17.9. The Morgan fingerprint density at radius 1 is 0.867 bits per heavy atom. The largest absolute Gasteiger partial charge is 0.508 e. The van der Waals surface area contributed by atoms with E-state index < -0.39 is 0 Å². The Bertz CT molecular complexity index is 755. The Balaban J connectivity index is 0.00000320. The van der Waals surface area contributed by atoms with Gasteiger partial charge < -0.3 is 20.8 Å². The van der Waals surface area contributed by atoms with E-state index in [1.54, 1.807) is 24.3 Å². The monoisotopic (exact) mass is 432 g/mol. The summed E-state index contributed by atoms with van der Waals surface area (Å²) in [6, 6.07) is 13.9. The van der Waals surface area contributed by atoms with Gasteiger partial charge in [0.2, 0.25) is 5.91 Å². The summed E-state index contributed by atoms with van der Waals surface area (Å²) < 4.78 is 0. The van der Waals surface area contributed by atoms with Gasteiger partial charge in [-0.05, 0) is 54.7 Å². The summed E-state index contributed by atoms with van der Waals surface area (Å²) in [6.45, 7) is 1.58. The molecule has 1 aliphatic heterocycles. The molecular weight excluding hydrogens is 404 g/mol. The number of hydrogen-bond donors (Lipinski definition) is 4. The van der Waals surface area contributed by atoms with Crippen LogP contribution in [0, 0.1) is 11.8 Å². The Kier molecular flexibility index (Phi) is 9.15. The third-order valence-electron chi connectivity index (χ3n) is 5.44. The lowest BCUT2D eigenvalue weighted by atomic mass is 9.88. The number of aryl methyl sites for hydroxylation is 1. The molecule has 0 radical (unpaired) electrons. The minimum atomic E-state index is -0.323. The maximum Gasteiger partial charge on any atom is 0.225 e. The van der Waals surface area contributed by atoms with E-state index in [-0.39, 0.29) is 47.4 Å². The van der Waals surface area contributed by atoms with Gasteiger partial charge in [0.15, 0.2) is 0 Å². The second-order valence-electron chi connectivity index (χ2n) is 7.57. The summed E-state index contributed by atoms with van der Waals surface area (Å²) in [6.07, 6.45) is 2.63. The van der Waals surface area contributed by atoms with Crippen LogP contribution in [0.1, 0.15) is 24.0 Å². The molecule has 3 rings (SSSR count). The van der Waals surface area contributed by atoms with Crippen LogP contribution < -0.4 is 10.6 Å². The molecule has 0 aliphatic carbocycles. The molecule has 1 aliphatic rings. The molecule has 0 spiro atoms. The molecule has 2 aromatic rings. The quantitative estimate of drug-likeness (QED) is 0.488. The van der Waals surface area contributed by atoms with Crippen molar-refractivity contribution in [2.45, 2.75) is 25.7 Å². The molecule has 0 saturated carbocycles. The van der Waals surface area contributed by atoms with Crippen LogP contribution in [0.15, 0.2) is 48.5 Å². The molecule has 7 heteroatoms. The fourth-order valence-corrected chi connectivity index (χ4v) is 3.73. The van der Waals surface area contributed by atoms with Gasteiger partial charge in [0.1, 0.15) is 17.3 Å². The van der Waals surface area contributed by atoms with Crippen molar-refractivity contribution < 1.29 is 19.8 Å². The van der Waals surface area contributed by atoms with Crippen molar-refractivity contribution in [2.75, 3.05) is 19.6 Å². The summed E-state index contributed by atoms with van der Waals surface area (Å²) >= 11 is 0. The summed E-state index contributed by atoms with van der Waals surface area (Å²) in [4.78, 5) is 25.2. The maximum atomic E-state index is 12.6. The molecule has 0 unspecified atom stereocenters. The average molecular weight is 433 g/mol. The fraction of sp³-hybridized carbons (Fsp3) is 0.391. The number of rotatable bonds is 9. The first-order valence-electron chi connectivity index (χ1n) is 10.1. The standard InChI is InChI=1S/C23H28N2O4.ClH/c26-18-8-4-16(5-9-18)2-1-3-22(28)20-14-24-15-21(20)23(29)25-13-12-17-6-10-19(27)11-7-17;/h4-11,20-21,24,26-27H,1-3,12-15H2,(H,25,29);1H/t20-,21-;/m1./s1. The van der Waals surface area contributed by atoms with E-state index in [1.807, 2.05) is 24.3 Å². The first-order valence-corrected chi connectivity index (χ1v) is 10.1. The van der Waals surface area contributed by atoms with Crippen molar-refractivity contribution in [2.24, 2.45) is 11.8 Å². The number of phenolic OH excluding ortho intramolecular Hbond substituents is 2. The molecule has 1 amide bonds. The number of aromatic hydroxyl groups is 2. The molecular formula is C23H29ClN2O4. The second kappa shape index (κ2) is 11.6. The zero-order valence-electron chi connectivity index (χ0n) is 16.8. The molecule has 6 nitrogen and oxygen atoms in total. The second-order valence-corrected chi connectivity index (χ2v) is 7.57. The van der Waals surface area contributed by atoms with Crippen molar-refractivity contribution in [3.05, 3.63) is 59.7 Å². The predicted octanol–water partition coefficient (Wildman–Crippen LogP) is 2.61. The Morgan fingerprint density at radius 3 is 2.00 bits per heavy atom. The molecule has 30 heavy (non-hydrogen) atoms. The van der Waals surface area contributed by atoms with E-state index in [2.05, 4.69) is 10.6 Å². The van der Waals surface area contributed by atoms with Gasteiger partial charge in [0, 0.05) is 32.0 Å². The van der Waals surface area contributed by atoms with Gasteiger partial charge in [-0.1, -0.05) is 24.3 Å². The molecule has 0 bridgehead atoms. The summed E-state index contributed by atoms with van der Waals surface area (Å²) in [5, 5.41) is 24.8. The van der Waals surface area contributed by atoms with Crippen LogP contribution in [0.2, 0.25) is 0 Å². The lowest BCUT2D eigenvalue weighted by molar-refractivity contribution is -0.131. The highest BCUT2D eigenvalue weighted by Gasteiger charge is 2.36. The first-order chi connectivity index (χ1) is 14.0. The van der Waals surface area contributed by atoms with Crippen LogP contribution in [0.4, 0.5) is 0 Å². The van der Waals surface area contributed by atoms with E-state index in [9.17, 15) is 19.8 Å². The van der Waals surface area contributed by atoms with Crippen LogP contribution in [-0.2, 0) is 22.4 Å². The van der Waals surface area contributed by atoms with E-state index >= 15 is 0 Å². The minimum absolute atomic E-state index is 0. The number of halogens is 1. The number of amides is 1. The van der Waals surface area contributed by atoms with Crippen molar-refractivity contribution in [1.82, 2.24) is 10.6 Å². The van der Waals surface area contributed by atoms with Crippen LogP contribution in [0.5, 0.6) is 11.5 Å².